The highest BCUT2D eigenvalue weighted by atomic mass is 32.2. The first-order chi connectivity index (χ1) is 14.8. The van der Waals surface area contributed by atoms with Gasteiger partial charge in [0.05, 0.1) is 11.4 Å². The molecule has 168 valence electrons. The monoisotopic (exact) mass is 442 g/mol. The number of amides is 1. The third-order valence-corrected chi connectivity index (χ3v) is 8.04. The summed E-state index contributed by atoms with van der Waals surface area (Å²) in [6.07, 6.45) is 6.55. The average Bonchev–Trinajstić information content (AvgIpc) is 2.96. The molecule has 6 heteroatoms. The molecule has 0 radical (unpaired) electrons. The van der Waals surface area contributed by atoms with Crippen LogP contribution < -0.4 is 5.32 Å². The standard InChI is InChI=1S/C25H34N2O3S/c1-19-15-20(2)25(21(3)16-19)31(29,30)27(17-22-11-7-6-8-12-22)18-24(28)26-23-13-9-4-5-10-14-23/h6-8,11-12,15-16,23H,4-5,9-10,13-14,17-18H2,1-3H3,(H,26,28). The minimum atomic E-state index is -3.85. The summed E-state index contributed by atoms with van der Waals surface area (Å²) in [4.78, 5) is 13.2. The van der Waals surface area contributed by atoms with Gasteiger partial charge in [0.2, 0.25) is 15.9 Å². The molecular weight excluding hydrogens is 408 g/mol. The number of sulfonamides is 1. The summed E-state index contributed by atoms with van der Waals surface area (Å²) in [5.41, 5.74) is 3.30. The number of benzene rings is 2. The second-order valence-electron chi connectivity index (χ2n) is 8.74. The van der Waals surface area contributed by atoms with Gasteiger partial charge in [-0.05, 0) is 50.3 Å². The van der Waals surface area contributed by atoms with Crippen molar-refractivity contribution in [3.05, 3.63) is 64.7 Å². The summed E-state index contributed by atoms with van der Waals surface area (Å²) in [6, 6.07) is 13.3. The lowest BCUT2D eigenvalue weighted by atomic mass is 10.1. The molecule has 0 aromatic heterocycles. The van der Waals surface area contributed by atoms with E-state index in [2.05, 4.69) is 5.32 Å². The molecule has 5 nitrogen and oxygen atoms in total. The first kappa shape index (κ1) is 23.5. The molecule has 0 atom stereocenters. The molecular formula is C25H34N2O3S. The number of rotatable bonds is 7. The maximum absolute atomic E-state index is 13.7. The zero-order chi connectivity index (χ0) is 22.4. The number of aryl methyl sites for hydroxylation is 3. The van der Waals surface area contributed by atoms with Crippen LogP contribution in [0.25, 0.3) is 0 Å². The summed E-state index contributed by atoms with van der Waals surface area (Å²) in [7, 11) is -3.85. The fourth-order valence-corrected chi connectivity index (χ4v) is 6.37. The Morgan fingerprint density at radius 2 is 1.55 bits per heavy atom. The molecule has 0 aliphatic heterocycles. The molecule has 1 N–H and O–H groups in total. The molecule has 3 rings (SSSR count). The Balaban J connectivity index is 1.88. The van der Waals surface area contributed by atoms with Gasteiger partial charge in [0.15, 0.2) is 0 Å². The van der Waals surface area contributed by atoms with Gasteiger partial charge in [-0.25, -0.2) is 8.42 Å². The number of nitrogens with zero attached hydrogens (tertiary/aromatic N) is 1. The SMILES string of the molecule is Cc1cc(C)c(S(=O)(=O)N(CC(=O)NC2CCCCCC2)Cc2ccccc2)c(C)c1. The summed E-state index contributed by atoms with van der Waals surface area (Å²) < 4.78 is 28.8. The van der Waals surface area contributed by atoms with E-state index in [1.54, 1.807) is 0 Å². The molecule has 0 saturated heterocycles. The first-order valence-corrected chi connectivity index (χ1v) is 12.6. The molecule has 1 aliphatic rings. The van der Waals surface area contributed by atoms with Crippen molar-refractivity contribution in [3.63, 3.8) is 0 Å². The van der Waals surface area contributed by atoms with Gasteiger partial charge in [0.25, 0.3) is 0 Å². The normalized spacial score (nSPS) is 15.6. The number of nitrogens with one attached hydrogen (secondary N) is 1. The van der Waals surface area contributed by atoms with Crippen LogP contribution >= 0.6 is 0 Å². The molecule has 2 aromatic rings. The molecule has 1 amide bonds. The van der Waals surface area contributed by atoms with E-state index < -0.39 is 10.0 Å². The summed E-state index contributed by atoms with van der Waals surface area (Å²) in [5.74, 6) is -0.228. The van der Waals surface area contributed by atoms with Crippen molar-refractivity contribution >= 4 is 15.9 Å². The van der Waals surface area contributed by atoms with Crippen LogP contribution in [0.4, 0.5) is 0 Å². The van der Waals surface area contributed by atoms with Crippen LogP contribution in [0, 0.1) is 20.8 Å². The van der Waals surface area contributed by atoms with E-state index in [0.717, 1.165) is 36.8 Å². The molecule has 1 aliphatic carbocycles. The highest BCUT2D eigenvalue weighted by molar-refractivity contribution is 7.89. The molecule has 0 unspecified atom stereocenters. The van der Waals surface area contributed by atoms with E-state index >= 15 is 0 Å². The van der Waals surface area contributed by atoms with Gasteiger partial charge in [-0.15, -0.1) is 0 Å². The van der Waals surface area contributed by atoms with E-state index in [0.29, 0.717) is 16.0 Å². The van der Waals surface area contributed by atoms with Crippen LogP contribution in [0.3, 0.4) is 0 Å². The number of carbonyl (C=O) groups excluding carboxylic acids is 1. The van der Waals surface area contributed by atoms with Crippen molar-refractivity contribution in [3.8, 4) is 0 Å². The maximum Gasteiger partial charge on any atom is 0.244 e. The lowest BCUT2D eigenvalue weighted by Gasteiger charge is -2.25. The molecule has 0 heterocycles. The van der Waals surface area contributed by atoms with Crippen LogP contribution in [-0.2, 0) is 21.4 Å². The van der Waals surface area contributed by atoms with Gasteiger partial charge < -0.3 is 5.32 Å². The van der Waals surface area contributed by atoms with Crippen molar-refractivity contribution in [2.24, 2.45) is 0 Å². The molecule has 2 aromatic carbocycles. The molecule has 31 heavy (non-hydrogen) atoms. The van der Waals surface area contributed by atoms with E-state index in [1.807, 2.05) is 63.2 Å². The highest BCUT2D eigenvalue weighted by Gasteiger charge is 2.30. The van der Waals surface area contributed by atoms with Gasteiger partial charge in [-0.2, -0.15) is 4.31 Å². The topological polar surface area (TPSA) is 66.5 Å². The zero-order valence-corrected chi connectivity index (χ0v) is 19.7. The Morgan fingerprint density at radius 3 is 2.13 bits per heavy atom. The first-order valence-electron chi connectivity index (χ1n) is 11.2. The fourth-order valence-electron chi connectivity index (χ4n) is 4.57. The summed E-state index contributed by atoms with van der Waals surface area (Å²) >= 11 is 0. The number of hydrogen-bond acceptors (Lipinski definition) is 3. The lowest BCUT2D eigenvalue weighted by Crippen LogP contribution is -2.44. The van der Waals surface area contributed by atoms with E-state index in [9.17, 15) is 13.2 Å². The molecule has 1 saturated carbocycles. The Labute approximate surface area is 186 Å². The third kappa shape index (κ3) is 6.17. The van der Waals surface area contributed by atoms with Crippen molar-refractivity contribution in [1.82, 2.24) is 9.62 Å². The minimum absolute atomic E-state index is 0.138. The smallest absolute Gasteiger partial charge is 0.244 e. The van der Waals surface area contributed by atoms with Gasteiger partial charge in [0.1, 0.15) is 0 Å². The highest BCUT2D eigenvalue weighted by Crippen LogP contribution is 2.26. The fraction of sp³-hybridized carbons (Fsp3) is 0.480. The van der Waals surface area contributed by atoms with Gasteiger partial charge in [-0.3, -0.25) is 4.79 Å². The van der Waals surface area contributed by atoms with Crippen molar-refractivity contribution in [1.29, 1.82) is 0 Å². The van der Waals surface area contributed by atoms with Crippen molar-refractivity contribution in [2.45, 2.75) is 76.8 Å². The number of hydrogen-bond donors (Lipinski definition) is 1. The van der Waals surface area contributed by atoms with E-state index in [4.69, 9.17) is 0 Å². The summed E-state index contributed by atoms with van der Waals surface area (Å²) in [5, 5.41) is 3.09. The van der Waals surface area contributed by atoms with Crippen LogP contribution in [0.2, 0.25) is 0 Å². The zero-order valence-electron chi connectivity index (χ0n) is 18.9. The van der Waals surface area contributed by atoms with Crippen LogP contribution in [0.1, 0.15) is 60.8 Å². The lowest BCUT2D eigenvalue weighted by molar-refractivity contribution is -0.122. The van der Waals surface area contributed by atoms with Gasteiger partial charge in [0, 0.05) is 12.6 Å². The Kier molecular flexibility index (Phi) is 7.89. The second kappa shape index (κ2) is 10.4. The second-order valence-corrected chi connectivity index (χ2v) is 10.6. The predicted molar refractivity (Wildman–Crippen MR) is 124 cm³/mol. The Morgan fingerprint density at radius 1 is 0.968 bits per heavy atom. The average molecular weight is 443 g/mol. The quantitative estimate of drug-likeness (QED) is 0.635. The van der Waals surface area contributed by atoms with Gasteiger partial charge >= 0.3 is 0 Å². The largest absolute Gasteiger partial charge is 0.352 e. The Bertz CT molecular complexity index is 972. The van der Waals surface area contributed by atoms with Crippen LogP contribution in [0.5, 0.6) is 0 Å². The third-order valence-electron chi connectivity index (χ3n) is 5.94. The van der Waals surface area contributed by atoms with E-state index in [-0.39, 0.29) is 25.0 Å². The van der Waals surface area contributed by atoms with Crippen molar-refractivity contribution in [2.75, 3.05) is 6.54 Å². The van der Waals surface area contributed by atoms with Crippen LogP contribution in [-0.4, -0.2) is 31.2 Å². The van der Waals surface area contributed by atoms with Crippen molar-refractivity contribution < 1.29 is 13.2 Å². The van der Waals surface area contributed by atoms with Gasteiger partial charge in [-0.1, -0.05) is 73.7 Å². The molecule has 0 spiro atoms. The Hall–Kier alpha value is -2.18. The predicted octanol–water partition coefficient (Wildman–Crippen LogP) is 4.64. The molecule has 1 fully saturated rings. The minimum Gasteiger partial charge on any atom is -0.352 e. The molecule has 0 bridgehead atoms. The summed E-state index contributed by atoms with van der Waals surface area (Å²) in [6.45, 7) is 5.57. The number of carbonyl (C=O) groups is 1. The maximum atomic E-state index is 13.7. The van der Waals surface area contributed by atoms with E-state index in [1.165, 1.54) is 17.1 Å². The van der Waals surface area contributed by atoms with Crippen LogP contribution in [0.15, 0.2) is 47.4 Å².